The van der Waals surface area contributed by atoms with Crippen LogP contribution in [0.15, 0.2) is 36.4 Å². The second kappa shape index (κ2) is 3.89. The largest absolute Gasteiger partial charge is 0.321 e. The quantitative estimate of drug-likeness (QED) is 0.759. The zero-order valence-electron chi connectivity index (χ0n) is 8.64. The molecule has 0 amide bonds. The fraction of sp³-hybridized carbons (Fsp3) is 0.154. The summed E-state index contributed by atoms with van der Waals surface area (Å²) in [4.78, 5) is 11.9. The Hall–Kier alpha value is -1.38. The number of nitrogens with two attached hydrogens (primary N) is 1. The Morgan fingerprint density at radius 3 is 2.56 bits per heavy atom. The van der Waals surface area contributed by atoms with E-state index in [4.69, 9.17) is 5.73 Å². The molecule has 1 unspecified atom stereocenters. The molecule has 2 nitrogen and oxygen atoms in total. The highest BCUT2D eigenvalue weighted by atomic mass is 35.5. The van der Waals surface area contributed by atoms with Gasteiger partial charge in [-0.3, -0.25) is 4.79 Å². The first-order valence-electron chi connectivity index (χ1n) is 5.08. The van der Waals surface area contributed by atoms with Gasteiger partial charge in [0.05, 0.1) is 6.04 Å². The van der Waals surface area contributed by atoms with E-state index in [-0.39, 0.29) is 24.2 Å². The van der Waals surface area contributed by atoms with Gasteiger partial charge < -0.3 is 5.73 Å². The Balaban J connectivity index is 0.000000963. The van der Waals surface area contributed by atoms with Crippen molar-refractivity contribution in [2.24, 2.45) is 5.73 Å². The molecule has 2 N–H and O–H groups in total. The van der Waals surface area contributed by atoms with Gasteiger partial charge in [0.2, 0.25) is 0 Å². The lowest BCUT2D eigenvalue weighted by Crippen LogP contribution is -2.35. The molecule has 1 aliphatic rings. The molecule has 16 heavy (non-hydrogen) atoms. The molecule has 0 radical (unpaired) electrons. The van der Waals surface area contributed by atoms with Crippen LogP contribution in [0.1, 0.15) is 15.9 Å². The van der Waals surface area contributed by atoms with Gasteiger partial charge in [-0.25, -0.2) is 0 Å². The Bertz CT molecular complexity index is 560. The van der Waals surface area contributed by atoms with E-state index >= 15 is 0 Å². The maximum atomic E-state index is 11.9. The van der Waals surface area contributed by atoms with Crippen molar-refractivity contribution in [1.82, 2.24) is 0 Å². The smallest absolute Gasteiger partial charge is 0.180 e. The number of hydrogen-bond acceptors (Lipinski definition) is 2. The van der Waals surface area contributed by atoms with Crippen molar-refractivity contribution in [3.63, 3.8) is 0 Å². The lowest BCUT2D eigenvalue weighted by Gasteiger charge is -2.20. The Morgan fingerprint density at radius 2 is 1.81 bits per heavy atom. The summed E-state index contributed by atoms with van der Waals surface area (Å²) in [5.41, 5.74) is 7.79. The van der Waals surface area contributed by atoms with Crippen LogP contribution in [0.4, 0.5) is 0 Å². The van der Waals surface area contributed by atoms with Crippen molar-refractivity contribution in [2.45, 2.75) is 12.5 Å². The molecule has 0 saturated heterocycles. The zero-order valence-corrected chi connectivity index (χ0v) is 9.46. The molecule has 2 aromatic rings. The van der Waals surface area contributed by atoms with Gasteiger partial charge in [-0.1, -0.05) is 36.4 Å². The average molecular weight is 234 g/mol. The molecule has 82 valence electrons. The summed E-state index contributed by atoms with van der Waals surface area (Å²) in [5, 5.41) is 2.22. The third kappa shape index (κ3) is 1.42. The molecule has 0 saturated carbocycles. The highest BCUT2D eigenvalue weighted by Crippen LogP contribution is 2.28. The van der Waals surface area contributed by atoms with Crippen molar-refractivity contribution in [3.05, 3.63) is 47.5 Å². The van der Waals surface area contributed by atoms with Crippen LogP contribution in [0.2, 0.25) is 0 Å². The van der Waals surface area contributed by atoms with Gasteiger partial charge in [0.15, 0.2) is 5.78 Å². The van der Waals surface area contributed by atoms with E-state index < -0.39 is 0 Å². The number of Topliss-reactive ketones (excluding diaryl/α,β-unsaturated/α-hetero) is 1. The summed E-state index contributed by atoms with van der Waals surface area (Å²) in [6.45, 7) is 0. The SMILES string of the molecule is Cl.NC1Cc2cccc3cccc(c23)C1=O. The van der Waals surface area contributed by atoms with E-state index in [0.29, 0.717) is 6.42 Å². The van der Waals surface area contributed by atoms with Crippen molar-refractivity contribution >= 4 is 29.0 Å². The third-order valence-electron chi connectivity index (χ3n) is 3.03. The van der Waals surface area contributed by atoms with Crippen LogP contribution in [0.3, 0.4) is 0 Å². The summed E-state index contributed by atoms with van der Waals surface area (Å²) in [6.07, 6.45) is 0.660. The van der Waals surface area contributed by atoms with Crippen LogP contribution in [-0.2, 0) is 6.42 Å². The maximum absolute atomic E-state index is 11.9. The van der Waals surface area contributed by atoms with Gasteiger partial charge in [0, 0.05) is 5.56 Å². The Labute approximate surface area is 99.9 Å². The Morgan fingerprint density at radius 1 is 1.12 bits per heavy atom. The van der Waals surface area contributed by atoms with Crippen LogP contribution in [0.5, 0.6) is 0 Å². The molecule has 1 aliphatic carbocycles. The first kappa shape index (κ1) is 11.1. The van der Waals surface area contributed by atoms with Gasteiger partial charge >= 0.3 is 0 Å². The van der Waals surface area contributed by atoms with Crippen molar-refractivity contribution in [2.75, 3.05) is 0 Å². The second-order valence-corrected chi connectivity index (χ2v) is 4.00. The summed E-state index contributed by atoms with van der Waals surface area (Å²) in [6, 6.07) is 11.6. The Kier molecular flexibility index (Phi) is 2.70. The summed E-state index contributed by atoms with van der Waals surface area (Å²) >= 11 is 0. The number of carbonyl (C=O) groups excluding carboxylic acids is 1. The fourth-order valence-corrected chi connectivity index (χ4v) is 2.32. The molecule has 2 aromatic carbocycles. The number of halogens is 1. The van der Waals surface area contributed by atoms with Gasteiger partial charge in [0.25, 0.3) is 0 Å². The lowest BCUT2D eigenvalue weighted by molar-refractivity contribution is 0.0959. The van der Waals surface area contributed by atoms with E-state index in [0.717, 1.165) is 16.3 Å². The van der Waals surface area contributed by atoms with Crippen LogP contribution in [0.25, 0.3) is 10.8 Å². The number of ketones is 1. The average Bonchev–Trinajstić information content (AvgIpc) is 2.26. The molecule has 0 aromatic heterocycles. The maximum Gasteiger partial charge on any atom is 0.180 e. The number of carbonyl (C=O) groups is 1. The van der Waals surface area contributed by atoms with E-state index in [9.17, 15) is 4.79 Å². The molecule has 3 heteroatoms. The first-order valence-corrected chi connectivity index (χ1v) is 5.08. The molecule has 0 spiro atoms. The molecule has 0 aliphatic heterocycles. The predicted molar refractivity (Wildman–Crippen MR) is 67.2 cm³/mol. The number of hydrogen-bond donors (Lipinski definition) is 1. The van der Waals surface area contributed by atoms with E-state index in [2.05, 4.69) is 6.07 Å². The molecule has 3 rings (SSSR count). The highest BCUT2D eigenvalue weighted by molar-refractivity contribution is 6.13. The molecular formula is C13H12ClNO. The normalized spacial score (nSPS) is 18.3. The van der Waals surface area contributed by atoms with Crippen molar-refractivity contribution in [3.8, 4) is 0 Å². The monoisotopic (exact) mass is 233 g/mol. The van der Waals surface area contributed by atoms with Crippen molar-refractivity contribution < 1.29 is 4.79 Å². The molecular weight excluding hydrogens is 222 g/mol. The second-order valence-electron chi connectivity index (χ2n) is 4.00. The zero-order chi connectivity index (χ0) is 10.4. The molecule has 0 fully saturated rings. The minimum atomic E-state index is -0.370. The first-order chi connectivity index (χ1) is 7.27. The minimum absolute atomic E-state index is 0. The lowest BCUT2D eigenvalue weighted by atomic mass is 9.85. The van der Waals surface area contributed by atoms with Crippen LogP contribution >= 0.6 is 12.4 Å². The molecule has 0 bridgehead atoms. The highest BCUT2D eigenvalue weighted by Gasteiger charge is 2.25. The topological polar surface area (TPSA) is 43.1 Å². The molecule has 0 heterocycles. The predicted octanol–water partition coefficient (Wildman–Crippen LogP) is 2.33. The number of benzene rings is 2. The van der Waals surface area contributed by atoms with Crippen molar-refractivity contribution in [1.29, 1.82) is 0 Å². The third-order valence-corrected chi connectivity index (χ3v) is 3.03. The summed E-state index contributed by atoms with van der Waals surface area (Å²) in [7, 11) is 0. The van der Waals surface area contributed by atoms with E-state index in [1.807, 2.05) is 30.3 Å². The van der Waals surface area contributed by atoms with Gasteiger partial charge in [0.1, 0.15) is 0 Å². The van der Waals surface area contributed by atoms with Gasteiger partial charge in [-0.05, 0) is 22.8 Å². The van der Waals surface area contributed by atoms with Gasteiger partial charge in [-0.2, -0.15) is 0 Å². The minimum Gasteiger partial charge on any atom is -0.321 e. The van der Waals surface area contributed by atoms with E-state index in [1.165, 1.54) is 5.56 Å². The van der Waals surface area contributed by atoms with Gasteiger partial charge in [-0.15, -0.1) is 12.4 Å². The number of rotatable bonds is 0. The van der Waals surface area contributed by atoms with Crippen LogP contribution < -0.4 is 5.73 Å². The summed E-state index contributed by atoms with van der Waals surface area (Å²) in [5.74, 6) is 0.0688. The molecule has 1 atom stereocenters. The summed E-state index contributed by atoms with van der Waals surface area (Å²) < 4.78 is 0. The fourth-order valence-electron chi connectivity index (χ4n) is 2.32. The van der Waals surface area contributed by atoms with Crippen LogP contribution in [-0.4, -0.2) is 11.8 Å². The van der Waals surface area contributed by atoms with E-state index in [1.54, 1.807) is 0 Å². The standard InChI is InChI=1S/C13H11NO.ClH/c14-11-7-9-5-1-3-8-4-2-6-10(12(8)9)13(11)15;/h1-6,11H,7,14H2;1H. The van der Waals surface area contributed by atoms with Crippen LogP contribution in [0, 0.1) is 0 Å².